The van der Waals surface area contributed by atoms with Crippen LogP contribution in [0.2, 0.25) is 0 Å². The van der Waals surface area contributed by atoms with Gasteiger partial charge in [-0.25, -0.2) is 19.2 Å². The summed E-state index contributed by atoms with van der Waals surface area (Å²) in [5, 5.41) is 28.8. The minimum absolute atomic E-state index is 1.33. The summed E-state index contributed by atoms with van der Waals surface area (Å²) in [5.41, 5.74) is 41.9. The number of nitrogens with zero attached hydrogens (tertiary/aromatic N) is 5. The highest BCUT2D eigenvalue weighted by Gasteiger charge is 1.66. The molecule has 0 aromatic heterocycles. The first-order chi connectivity index (χ1) is 9.76. The Morgan fingerprint density at radius 1 is 0.682 bits per heavy atom. The van der Waals surface area contributed by atoms with Crippen LogP contribution >= 0.6 is 0 Å². The van der Waals surface area contributed by atoms with Crippen LogP contribution < -0.4 is 22.9 Å². The molecule has 18 nitrogen and oxygen atoms in total. The molecule has 0 heterocycles. The summed E-state index contributed by atoms with van der Waals surface area (Å²) in [6.07, 6.45) is -5.33. The molecule has 0 aliphatic carbocycles. The Hall–Kier alpha value is -4.30. The van der Waals surface area contributed by atoms with Crippen LogP contribution in [0, 0.1) is 5.53 Å². The normalized spacial score (nSPS) is 5.09. The van der Waals surface area contributed by atoms with E-state index in [2.05, 4.69) is 22.9 Å². The summed E-state index contributed by atoms with van der Waals surface area (Å²) in [7, 11) is 0. The third kappa shape index (κ3) is 183. The zero-order valence-electron chi connectivity index (χ0n) is 10.5. The Kier molecular flexibility index (Phi) is 71.7. The molecule has 0 rings (SSSR count). The molecule has 0 saturated carbocycles. The number of nitrogens with two attached hydrogens (primary N) is 4. The summed E-state index contributed by atoms with van der Waals surface area (Å²) in [4.78, 5) is 38.4. The largest absolute Gasteiger partial charge is 0.465 e. The lowest BCUT2D eigenvalue weighted by atomic mass is 11.3. The molecule has 0 aliphatic heterocycles. The fraction of sp³-hybridized carbons (Fsp3) is 0. The van der Waals surface area contributed by atoms with Gasteiger partial charge in [0.2, 0.25) is 0 Å². The van der Waals surface area contributed by atoms with Gasteiger partial charge in [-0.15, -0.1) is 5.53 Å². The van der Waals surface area contributed by atoms with Gasteiger partial charge in [0, 0.05) is 0 Å². The average Bonchev–Trinajstić information content (AvgIpc) is 2.13. The Morgan fingerprint density at radius 3 is 0.682 bits per heavy atom. The van der Waals surface area contributed by atoms with Crippen LogP contribution in [0.25, 0.3) is 26.4 Å². The maximum absolute atomic E-state index is 8.78. The second kappa shape index (κ2) is 43.7. The quantitative estimate of drug-likeness (QED) is 0.167. The number of nitrogens with one attached hydrogen (secondary N) is 1. The number of carboxylic acid groups (broad SMARTS) is 4. The van der Waals surface area contributed by atoms with E-state index in [4.69, 9.17) is 61.7 Å². The van der Waals surface area contributed by atoms with Crippen molar-refractivity contribution in [2.45, 2.75) is 0 Å². The SMILES string of the molecule is NC(=O)O.NC(=O)O.NC(=O)O.NC(=O)O.[N-]=[N+]=N.[N-]=[N+]=[N-]. The van der Waals surface area contributed by atoms with E-state index in [1.54, 1.807) is 4.91 Å². The van der Waals surface area contributed by atoms with Gasteiger partial charge in [0.05, 0.1) is 0 Å². The van der Waals surface area contributed by atoms with E-state index >= 15 is 0 Å². The molecule has 0 bridgehead atoms. The first kappa shape index (κ1) is 36.1. The van der Waals surface area contributed by atoms with Gasteiger partial charge in [-0.2, -0.15) is 0 Å². The number of rotatable bonds is 0. The van der Waals surface area contributed by atoms with E-state index in [0.717, 1.165) is 0 Å². The second-order valence-electron chi connectivity index (χ2n) is 1.54. The zero-order chi connectivity index (χ0) is 19.7. The van der Waals surface area contributed by atoms with Gasteiger partial charge in [0.25, 0.3) is 0 Å². The van der Waals surface area contributed by atoms with Crippen LogP contribution in [0.3, 0.4) is 0 Å². The van der Waals surface area contributed by atoms with Crippen LogP contribution in [-0.2, 0) is 0 Å². The van der Waals surface area contributed by atoms with Crippen molar-refractivity contribution < 1.29 is 39.6 Å². The Balaban J connectivity index is -0.0000000351. The lowest BCUT2D eigenvalue weighted by Gasteiger charge is -1.61. The molecule has 0 atom stereocenters. The second-order valence-corrected chi connectivity index (χ2v) is 1.54. The molecule has 0 spiro atoms. The van der Waals surface area contributed by atoms with Gasteiger partial charge in [0.1, 0.15) is 0 Å². The maximum Gasteiger partial charge on any atom is 0.402 e. The smallest absolute Gasteiger partial charge is 0.402 e. The van der Waals surface area contributed by atoms with E-state index in [9.17, 15) is 0 Å². The Labute approximate surface area is 120 Å². The molecular formula is C4H13N10O8-. The standard InChI is InChI=1S/4CH3NO2.HN3.N3/c4*2-1(3)4;2*1-3-2/h4*2H2,(H,3,4);1H;/q;;;;;-1. The summed E-state index contributed by atoms with van der Waals surface area (Å²) in [6, 6.07) is 0. The van der Waals surface area contributed by atoms with Gasteiger partial charge in [-0.05, 0) is 10.4 Å². The van der Waals surface area contributed by atoms with E-state index in [-0.39, 0.29) is 0 Å². The third-order valence-corrected chi connectivity index (χ3v) is 0. The van der Waals surface area contributed by atoms with Crippen molar-refractivity contribution in [3.63, 3.8) is 0 Å². The van der Waals surface area contributed by atoms with Crippen LogP contribution in [0.4, 0.5) is 19.2 Å². The number of carbonyl (C=O) groups is 4. The number of amides is 4. The molecular weight excluding hydrogens is 316 g/mol. The first-order valence-electron chi connectivity index (χ1n) is 3.69. The molecule has 0 fully saturated rings. The van der Waals surface area contributed by atoms with Crippen molar-refractivity contribution in [2.24, 2.45) is 22.9 Å². The van der Waals surface area contributed by atoms with Gasteiger partial charge >= 0.3 is 24.4 Å². The van der Waals surface area contributed by atoms with Crippen molar-refractivity contribution in [1.29, 1.82) is 5.53 Å². The molecule has 4 amide bonds. The monoisotopic (exact) mass is 329 g/mol. The highest BCUT2D eigenvalue weighted by atomic mass is 16.4. The summed E-state index contributed by atoms with van der Waals surface area (Å²) in [6.45, 7) is 0. The third-order valence-electron chi connectivity index (χ3n) is 0. The van der Waals surface area contributed by atoms with Crippen LogP contribution in [0.15, 0.2) is 0 Å². The first-order valence-corrected chi connectivity index (χ1v) is 3.69. The molecule has 0 aliphatic rings. The van der Waals surface area contributed by atoms with Gasteiger partial charge in [-0.1, -0.05) is 0 Å². The Morgan fingerprint density at radius 2 is 0.682 bits per heavy atom. The number of hydrogen-bond acceptors (Lipinski definition) is 5. The van der Waals surface area contributed by atoms with E-state index < -0.39 is 24.4 Å². The Bertz CT molecular complexity index is 293. The zero-order valence-corrected chi connectivity index (χ0v) is 10.5. The molecule has 0 unspecified atom stereocenters. The molecule has 0 aromatic carbocycles. The molecule has 128 valence electrons. The topological polar surface area (TPSA) is 372 Å². The molecule has 0 radical (unpaired) electrons. The predicted octanol–water partition coefficient (Wildman–Crippen LogP) is 0.234. The van der Waals surface area contributed by atoms with Crippen molar-refractivity contribution in [3.05, 3.63) is 26.4 Å². The summed E-state index contributed by atoms with van der Waals surface area (Å²) >= 11 is 0. The van der Waals surface area contributed by atoms with Crippen LogP contribution in [0.5, 0.6) is 0 Å². The molecule has 22 heavy (non-hydrogen) atoms. The summed E-state index contributed by atoms with van der Waals surface area (Å²) < 4.78 is 0. The van der Waals surface area contributed by atoms with Gasteiger partial charge in [0.15, 0.2) is 0 Å². The van der Waals surface area contributed by atoms with Crippen molar-refractivity contribution in [3.8, 4) is 0 Å². The molecule has 0 aromatic rings. The number of hydrogen-bond donors (Lipinski definition) is 9. The molecule has 0 saturated heterocycles. The van der Waals surface area contributed by atoms with E-state index in [1.807, 2.05) is 0 Å². The maximum atomic E-state index is 8.78. The predicted molar refractivity (Wildman–Crippen MR) is 68.4 cm³/mol. The van der Waals surface area contributed by atoms with Gasteiger partial charge in [-0.3, -0.25) is 4.91 Å². The van der Waals surface area contributed by atoms with Crippen molar-refractivity contribution >= 4 is 24.4 Å². The van der Waals surface area contributed by atoms with Crippen molar-refractivity contribution in [2.75, 3.05) is 0 Å². The highest BCUT2D eigenvalue weighted by Crippen LogP contribution is 1.35. The average molecular weight is 329 g/mol. The van der Waals surface area contributed by atoms with Crippen LogP contribution in [-0.4, -0.2) is 44.8 Å². The van der Waals surface area contributed by atoms with E-state index in [0.29, 0.717) is 0 Å². The fourth-order valence-corrected chi connectivity index (χ4v) is 0. The fourth-order valence-electron chi connectivity index (χ4n) is 0. The van der Waals surface area contributed by atoms with Crippen molar-refractivity contribution in [1.82, 2.24) is 0 Å². The minimum Gasteiger partial charge on any atom is -0.465 e. The lowest BCUT2D eigenvalue weighted by Crippen LogP contribution is -2.03. The van der Waals surface area contributed by atoms with Gasteiger partial charge < -0.3 is 54.4 Å². The minimum atomic E-state index is -1.33. The lowest BCUT2D eigenvalue weighted by molar-refractivity contribution is 0.204. The number of primary amides is 4. The molecule has 18 heteroatoms. The highest BCUT2D eigenvalue weighted by molar-refractivity contribution is 5.62. The van der Waals surface area contributed by atoms with E-state index in [1.165, 1.54) is 4.91 Å². The molecule has 13 N–H and O–H groups in total. The van der Waals surface area contributed by atoms with Crippen LogP contribution in [0.1, 0.15) is 0 Å². The summed E-state index contributed by atoms with van der Waals surface area (Å²) in [5.74, 6) is 0.